The van der Waals surface area contributed by atoms with Crippen molar-refractivity contribution < 1.29 is 4.42 Å². The van der Waals surface area contributed by atoms with Gasteiger partial charge in [0.05, 0.1) is 5.52 Å². The van der Waals surface area contributed by atoms with Crippen LogP contribution in [-0.4, -0.2) is 9.97 Å². The van der Waals surface area contributed by atoms with E-state index >= 15 is 0 Å². The molecule has 0 atom stereocenters. The molecule has 0 unspecified atom stereocenters. The predicted molar refractivity (Wildman–Crippen MR) is 132 cm³/mol. The minimum Gasteiger partial charge on any atom is -0.436 e. The number of H-pyrrole nitrogens is 1. The minimum absolute atomic E-state index is 0.239. The molecule has 2 aromatic heterocycles. The van der Waals surface area contributed by atoms with Crippen LogP contribution in [0.4, 0.5) is 17.1 Å². The fourth-order valence-corrected chi connectivity index (χ4v) is 4.08. The maximum Gasteiger partial charge on any atom is 0.261 e. The summed E-state index contributed by atoms with van der Waals surface area (Å²) in [4.78, 5) is 22.6. The molecule has 158 valence electrons. The Morgan fingerprint density at radius 2 is 1.36 bits per heavy atom. The molecule has 0 fully saturated rings. The van der Waals surface area contributed by atoms with E-state index in [4.69, 9.17) is 4.42 Å². The topological polar surface area (TPSA) is 62.1 Å². The average Bonchev–Trinajstić information content (AvgIpc) is 3.29. The first kappa shape index (κ1) is 19.1. The number of aromatic amines is 1. The van der Waals surface area contributed by atoms with E-state index in [-0.39, 0.29) is 5.56 Å². The van der Waals surface area contributed by atoms with Gasteiger partial charge in [0, 0.05) is 17.1 Å². The van der Waals surface area contributed by atoms with Crippen molar-refractivity contribution in [1.82, 2.24) is 9.97 Å². The van der Waals surface area contributed by atoms with Gasteiger partial charge in [-0.3, -0.25) is 4.79 Å². The molecule has 5 heteroatoms. The summed E-state index contributed by atoms with van der Waals surface area (Å²) in [5.74, 6) is 0.318. The Morgan fingerprint density at radius 3 is 2.06 bits per heavy atom. The standard InChI is InChI=1S/C28H19N3O2/c32-27-23(28-30-24-13-7-8-14-26(24)33-28)17-19-15-16-22(18-25(19)29-27)31(20-9-3-1-4-10-20)21-11-5-2-6-12-21/h1-18H,(H,29,32). The Kier molecular flexibility index (Phi) is 4.51. The van der Waals surface area contributed by atoms with Gasteiger partial charge < -0.3 is 14.3 Å². The quantitative estimate of drug-likeness (QED) is 0.334. The SMILES string of the molecule is O=c1[nH]c2cc(N(c3ccccc3)c3ccccc3)ccc2cc1-c1nc2ccccc2o1. The lowest BCUT2D eigenvalue weighted by Gasteiger charge is -2.25. The number of anilines is 3. The molecule has 0 aliphatic heterocycles. The van der Waals surface area contributed by atoms with Gasteiger partial charge in [-0.1, -0.05) is 54.6 Å². The van der Waals surface area contributed by atoms with Gasteiger partial charge in [-0.25, -0.2) is 4.98 Å². The molecule has 5 nitrogen and oxygen atoms in total. The first-order valence-electron chi connectivity index (χ1n) is 10.7. The Morgan fingerprint density at radius 1 is 0.697 bits per heavy atom. The number of para-hydroxylation sites is 4. The number of rotatable bonds is 4. The van der Waals surface area contributed by atoms with Gasteiger partial charge >= 0.3 is 0 Å². The molecule has 2 heterocycles. The van der Waals surface area contributed by atoms with Gasteiger partial charge in [0.2, 0.25) is 5.89 Å². The second-order valence-electron chi connectivity index (χ2n) is 7.78. The van der Waals surface area contributed by atoms with Crippen LogP contribution in [0.3, 0.4) is 0 Å². The average molecular weight is 429 g/mol. The number of nitrogens with zero attached hydrogens (tertiary/aromatic N) is 2. The molecule has 0 saturated heterocycles. The first-order valence-corrected chi connectivity index (χ1v) is 10.7. The lowest BCUT2D eigenvalue weighted by Crippen LogP contribution is -2.11. The van der Waals surface area contributed by atoms with Crippen molar-refractivity contribution in [2.45, 2.75) is 0 Å². The van der Waals surface area contributed by atoms with E-state index in [1.54, 1.807) is 0 Å². The van der Waals surface area contributed by atoms with E-state index in [0.29, 0.717) is 17.0 Å². The number of benzene rings is 4. The van der Waals surface area contributed by atoms with Crippen LogP contribution in [0.1, 0.15) is 0 Å². The Balaban J connectivity index is 1.48. The fraction of sp³-hybridized carbons (Fsp3) is 0. The lowest BCUT2D eigenvalue weighted by molar-refractivity contribution is 0.619. The monoisotopic (exact) mass is 429 g/mol. The molecule has 0 aliphatic carbocycles. The highest BCUT2D eigenvalue weighted by atomic mass is 16.3. The summed E-state index contributed by atoms with van der Waals surface area (Å²) in [6, 6.07) is 35.7. The van der Waals surface area contributed by atoms with Crippen molar-refractivity contribution in [3.8, 4) is 11.5 Å². The molecule has 0 radical (unpaired) electrons. The number of hydrogen-bond acceptors (Lipinski definition) is 4. The van der Waals surface area contributed by atoms with E-state index in [1.165, 1.54) is 0 Å². The van der Waals surface area contributed by atoms with Crippen LogP contribution in [-0.2, 0) is 0 Å². The molecule has 0 aliphatic rings. The Labute approximate surface area is 189 Å². The molecule has 0 bridgehead atoms. The third-order valence-electron chi connectivity index (χ3n) is 5.64. The van der Waals surface area contributed by atoms with E-state index in [1.807, 2.05) is 78.9 Å². The van der Waals surface area contributed by atoms with Crippen molar-refractivity contribution in [3.63, 3.8) is 0 Å². The lowest BCUT2D eigenvalue weighted by atomic mass is 10.1. The van der Waals surface area contributed by atoms with Crippen molar-refractivity contribution in [1.29, 1.82) is 0 Å². The van der Waals surface area contributed by atoms with Crippen molar-refractivity contribution in [3.05, 3.63) is 120 Å². The van der Waals surface area contributed by atoms with E-state index in [0.717, 1.165) is 33.5 Å². The number of hydrogen-bond donors (Lipinski definition) is 1. The summed E-state index contributed by atoms with van der Waals surface area (Å²) in [6.45, 7) is 0. The maximum atomic E-state index is 13.0. The van der Waals surface area contributed by atoms with Gasteiger partial charge in [-0.05, 0) is 60.0 Å². The Bertz CT molecular complexity index is 1560. The van der Waals surface area contributed by atoms with Crippen molar-refractivity contribution in [2.75, 3.05) is 4.90 Å². The van der Waals surface area contributed by atoms with Crippen molar-refractivity contribution in [2.24, 2.45) is 0 Å². The van der Waals surface area contributed by atoms with Crippen LogP contribution in [0.15, 0.2) is 118 Å². The second kappa shape index (κ2) is 7.80. The third-order valence-corrected chi connectivity index (χ3v) is 5.64. The van der Waals surface area contributed by atoms with E-state index in [2.05, 4.69) is 45.2 Å². The molecular weight excluding hydrogens is 410 g/mol. The van der Waals surface area contributed by atoms with E-state index < -0.39 is 0 Å². The zero-order valence-corrected chi connectivity index (χ0v) is 17.6. The Hall–Kier alpha value is -4.64. The van der Waals surface area contributed by atoms with Gasteiger partial charge in [0.25, 0.3) is 5.56 Å². The number of fused-ring (bicyclic) bond motifs is 2. The molecule has 33 heavy (non-hydrogen) atoms. The molecule has 0 amide bonds. The van der Waals surface area contributed by atoms with Crippen LogP contribution < -0.4 is 10.5 Å². The smallest absolute Gasteiger partial charge is 0.261 e. The zero-order chi connectivity index (χ0) is 22.2. The number of aromatic nitrogens is 2. The molecule has 6 rings (SSSR count). The van der Waals surface area contributed by atoms with Gasteiger partial charge in [-0.2, -0.15) is 0 Å². The first-order chi connectivity index (χ1) is 16.3. The number of oxazole rings is 1. The summed E-state index contributed by atoms with van der Waals surface area (Å²) in [6.07, 6.45) is 0. The molecule has 4 aromatic carbocycles. The van der Waals surface area contributed by atoms with Crippen LogP contribution in [0.5, 0.6) is 0 Å². The van der Waals surface area contributed by atoms with Crippen molar-refractivity contribution >= 4 is 39.1 Å². The molecule has 0 saturated carbocycles. The normalized spacial score (nSPS) is 11.2. The maximum absolute atomic E-state index is 13.0. The second-order valence-corrected chi connectivity index (χ2v) is 7.78. The van der Waals surface area contributed by atoms with Crippen LogP contribution in [0.2, 0.25) is 0 Å². The highest BCUT2D eigenvalue weighted by molar-refractivity contribution is 5.89. The molecule has 6 aromatic rings. The van der Waals surface area contributed by atoms with E-state index in [9.17, 15) is 4.79 Å². The molecule has 1 N–H and O–H groups in total. The van der Waals surface area contributed by atoms with Crippen LogP contribution in [0.25, 0.3) is 33.5 Å². The summed E-state index contributed by atoms with van der Waals surface area (Å²) in [5, 5.41) is 0.900. The van der Waals surface area contributed by atoms with Gasteiger partial charge in [0.1, 0.15) is 11.1 Å². The van der Waals surface area contributed by atoms with Gasteiger partial charge in [0.15, 0.2) is 5.58 Å². The largest absolute Gasteiger partial charge is 0.436 e. The molecule has 0 spiro atoms. The summed E-state index contributed by atoms with van der Waals surface area (Å²) in [5.41, 5.74) is 5.32. The highest BCUT2D eigenvalue weighted by Crippen LogP contribution is 2.35. The fourth-order valence-electron chi connectivity index (χ4n) is 4.08. The number of pyridine rings is 1. The summed E-state index contributed by atoms with van der Waals surface area (Å²) < 4.78 is 5.82. The highest BCUT2D eigenvalue weighted by Gasteiger charge is 2.15. The van der Waals surface area contributed by atoms with Crippen LogP contribution in [0, 0.1) is 0 Å². The van der Waals surface area contributed by atoms with Crippen LogP contribution >= 0.6 is 0 Å². The minimum atomic E-state index is -0.239. The summed E-state index contributed by atoms with van der Waals surface area (Å²) >= 11 is 0. The summed E-state index contributed by atoms with van der Waals surface area (Å²) in [7, 11) is 0. The number of nitrogens with one attached hydrogen (secondary N) is 1. The third kappa shape index (κ3) is 3.46. The van der Waals surface area contributed by atoms with Gasteiger partial charge in [-0.15, -0.1) is 0 Å². The zero-order valence-electron chi connectivity index (χ0n) is 17.6. The predicted octanol–water partition coefficient (Wildman–Crippen LogP) is 6.81. The molecular formula is C28H19N3O2.